The van der Waals surface area contributed by atoms with Gasteiger partial charge in [0.05, 0.1) is 7.11 Å². The lowest BCUT2D eigenvalue weighted by Gasteiger charge is -1.97. The first-order valence-corrected chi connectivity index (χ1v) is 5.29. The highest BCUT2D eigenvalue weighted by Gasteiger charge is 2.11. The zero-order valence-corrected chi connectivity index (χ0v) is 10.0. The Morgan fingerprint density at radius 1 is 1.47 bits per heavy atom. The molecule has 78 valence electrons. The Balaban J connectivity index is 2.66. The van der Waals surface area contributed by atoms with Crippen molar-refractivity contribution in [1.82, 2.24) is 4.98 Å². The number of esters is 1. The number of halogens is 1. The summed E-state index contributed by atoms with van der Waals surface area (Å²) in [7, 11) is 1.37. The monoisotopic (exact) mass is 267 g/mol. The van der Waals surface area contributed by atoms with Gasteiger partial charge in [-0.15, -0.1) is 0 Å². The molecule has 0 spiro atoms. The Labute approximate surface area is 95.6 Å². The van der Waals surface area contributed by atoms with E-state index < -0.39 is 0 Å². The van der Waals surface area contributed by atoms with Crippen LogP contribution >= 0.6 is 15.9 Å². The fourth-order valence-electron chi connectivity index (χ4n) is 1.54. The smallest absolute Gasteiger partial charge is 0.354 e. The molecule has 0 aliphatic carbocycles. The number of aromatic nitrogens is 1. The van der Waals surface area contributed by atoms with E-state index in [-0.39, 0.29) is 5.97 Å². The van der Waals surface area contributed by atoms with Gasteiger partial charge in [0.15, 0.2) is 0 Å². The molecule has 15 heavy (non-hydrogen) atoms. The number of ether oxygens (including phenoxy) is 1. The minimum Gasteiger partial charge on any atom is -0.464 e. The van der Waals surface area contributed by atoms with E-state index in [0.717, 1.165) is 20.9 Å². The SMILES string of the molecule is COC(=O)c1cc2c(C)c(Br)ccc2[nH]1. The van der Waals surface area contributed by atoms with E-state index in [2.05, 4.69) is 25.7 Å². The van der Waals surface area contributed by atoms with Gasteiger partial charge in [-0.05, 0) is 30.7 Å². The first kappa shape index (κ1) is 10.2. The molecule has 0 fully saturated rings. The first-order chi connectivity index (χ1) is 7.13. The number of hydrogen-bond acceptors (Lipinski definition) is 2. The molecule has 0 amide bonds. The Morgan fingerprint density at radius 3 is 2.87 bits per heavy atom. The second-order valence-corrected chi connectivity index (χ2v) is 4.16. The molecule has 1 aromatic heterocycles. The molecule has 0 atom stereocenters. The zero-order valence-electron chi connectivity index (χ0n) is 8.43. The molecular weight excluding hydrogens is 258 g/mol. The van der Waals surface area contributed by atoms with Crippen LogP contribution in [0.4, 0.5) is 0 Å². The average Bonchev–Trinajstić information content (AvgIpc) is 2.67. The minimum atomic E-state index is -0.346. The molecule has 1 heterocycles. The third-order valence-corrected chi connectivity index (χ3v) is 3.27. The molecule has 0 aliphatic rings. The molecule has 0 aliphatic heterocycles. The number of hydrogen-bond donors (Lipinski definition) is 1. The standard InChI is InChI=1S/C11H10BrNO2/c1-6-7-5-10(11(14)15-2)13-9(7)4-3-8(6)12/h3-5,13H,1-2H3. The van der Waals surface area contributed by atoms with Crippen molar-refractivity contribution in [3.8, 4) is 0 Å². The van der Waals surface area contributed by atoms with Gasteiger partial charge in [0.1, 0.15) is 5.69 Å². The van der Waals surface area contributed by atoms with Crippen LogP contribution in [0, 0.1) is 6.92 Å². The van der Waals surface area contributed by atoms with Crippen LogP contribution in [0.1, 0.15) is 16.1 Å². The van der Waals surface area contributed by atoms with Gasteiger partial charge in [-0.1, -0.05) is 15.9 Å². The summed E-state index contributed by atoms with van der Waals surface area (Å²) in [6.07, 6.45) is 0. The summed E-state index contributed by atoms with van der Waals surface area (Å²) in [4.78, 5) is 14.3. The highest BCUT2D eigenvalue weighted by atomic mass is 79.9. The lowest BCUT2D eigenvalue weighted by atomic mass is 10.1. The summed E-state index contributed by atoms with van der Waals surface area (Å²) in [5, 5.41) is 1.03. The van der Waals surface area contributed by atoms with Crippen molar-refractivity contribution in [3.05, 3.63) is 33.9 Å². The predicted octanol–water partition coefficient (Wildman–Crippen LogP) is 3.03. The number of fused-ring (bicyclic) bond motifs is 1. The van der Waals surface area contributed by atoms with Crippen molar-refractivity contribution >= 4 is 32.8 Å². The van der Waals surface area contributed by atoms with Gasteiger partial charge in [-0.2, -0.15) is 0 Å². The van der Waals surface area contributed by atoms with Crippen molar-refractivity contribution in [1.29, 1.82) is 0 Å². The largest absolute Gasteiger partial charge is 0.464 e. The van der Waals surface area contributed by atoms with Crippen LogP contribution in [0.25, 0.3) is 10.9 Å². The van der Waals surface area contributed by atoms with E-state index in [1.54, 1.807) is 6.07 Å². The normalized spacial score (nSPS) is 10.6. The number of benzene rings is 1. The van der Waals surface area contributed by atoms with E-state index >= 15 is 0 Å². The Morgan fingerprint density at radius 2 is 2.20 bits per heavy atom. The number of methoxy groups -OCH3 is 1. The molecule has 2 aromatic rings. The summed E-state index contributed by atoms with van der Waals surface area (Å²) in [6.45, 7) is 2.00. The number of carbonyl (C=O) groups is 1. The fraction of sp³-hybridized carbons (Fsp3) is 0.182. The molecule has 0 saturated carbocycles. The molecule has 0 radical (unpaired) electrons. The molecule has 1 N–H and O–H groups in total. The number of rotatable bonds is 1. The molecule has 3 nitrogen and oxygen atoms in total. The average molecular weight is 268 g/mol. The fourth-order valence-corrected chi connectivity index (χ4v) is 1.89. The van der Waals surface area contributed by atoms with E-state index in [1.807, 2.05) is 19.1 Å². The minimum absolute atomic E-state index is 0.346. The number of aryl methyl sites for hydroxylation is 1. The van der Waals surface area contributed by atoms with E-state index in [1.165, 1.54) is 7.11 Å². The maximum atomic E-state index is 11.3. The van der Waals surface area contributed by atoms with Gasteiger partial charge in [-0.25, -0.2) is 4.79 Å². The maximum absolute atomic E-state index is 11.3. The molecule has 0 saturated heterocycles. The van der Waals surface area contributed by atoms with Gasteiger partial charge < -0.3 is 9.72 Å². The topological polar surface area (TPSA) is 42.1 Å². The van der Waals surface area contributed by atoms with Crippen LogP contribution in [0.5, 0.6) is 0 Å². The Bertz CT molecular complexity index is 531. The predicted molar refractivity (Wildman–Crippen MR) is 62.1 cm³/mol. The van der Waals surface area contributed by atoms with Crippen molar-refractivity contribution < 1.29 is 9.53 Å². The molecule has 0 unspecified atom stereocenters. The highest BCUT2D eigenvalue weighted by molar-refractivity contribution is 9.10. The summed E-state index contributed by atoms with van der Waals surface area (Å²) >= 11 is 3.45. The Kier molecular flexibility index (Phi) is 2.52. The molecule has 1 aromatic carbocycles. The van der Waals surface area contributed by atoms with Gasteiger partial charge in [0, 0.05) is 15.4 Å². The van der Waals surface area contributed by atoms with Gasteiger partial charge in [0.2, 0.25) is 0 Å². The van der Waals surface area contributed by atoms with Gasteiger partial charge in [0.25, 0.3) is 0 Å². The molecule has 4 heteroatoms. The van der Waals surface area contributed by atoms with Crippen molar-refractivity contribution in [3.63, 3.8) is 0 Å². The number of carbonyl (C=O) groups excluding carboxylic acids is 1. The summed E-state index contributed by atoms with van der Waals surface area (Å²) in [5.41, 5.74) is 2.53. The third kappa shape index (κ3) is 1.65. The van der Waals surface area contributed by atoms with Crippen LogP contribution in [0.3, 0.4) is 0 Å². The molecule has 0 bridgehead atoms. The first-order valence-electron chi connectivity index (χ1n) is 4.49. The number of nitrogens with one attached hydrogen (secondary N) is 1. The van der Waals surface area contributed by atoms with Crippen molar-refractivity contribution in [2.45, 2.75) is 6.92 Å². The van der Waals surface area contributed by atoms with Crippen LogP contribution < -0.4 is 0 Å². The third-order valence-electron chi connectivity index (χ3n) is 2.41. The highest BCUT2D eigenvalue weighted by Crippen LogP contribution is 2.26. The second kappa shape index (κ2) is 3.70. The summed E-state index contributed by atoms with van der Waals surface area (Å²) in [5.74, 6) is -0.346. The number of H-pyrrole nitrogens is 1. The number of aromatic amines is 1. The van der Waals surface area contributed by atoms with Crippen LogP contribution in [0.2, 0.25) is 0 Å². The molecule has 2 rings (SSSR count). The maximum Gasteiger partial charge on any atom is 0.354 e. The van der Waals surface area contributed by atoms with Gasteiger partial charge in [-0.3, -0.25) is 0 Å². The lowest BCUT2D eigenvalue weighted by molar-refractivity contribution is 0.0595. The second-order valence-electron chi connectivity index (χ2n) is 3.31. The lowest BCUT2D eigenvalue weighted by Crippen LogP contribution is -2.00. The summed E-state index contributed by atoms with van der Waals surface area (Å²) in [6, 6.07) is 5.69. The van der Waals surface area contributed by atoms with Gasteiger partial charge >= 0.3 is 5.97 Å². The van der Waals surface area contributed by atoms with E-state index in [0.29, 0.717) is 5.69 Å². The quantitative estimate of drug-likeness (QED) is 0.808. The Hall–Kier alpha value is -1.29. The molecular formula is C11H10BrNO2. The van der Waals surface area contributed by atoms with E-state index in [9.17, 15) is 4.79 Å². The van der Waals surface area contributed by atoms with Crippen LogP contribution in [-0.4, -0.2) is 18.1 Å². The van der Waals surface area contributed by atoms with Crippen molar-refractivity contribution in [2.24, 2.45) is 0 Å². The van der Waals surface area contributed by atoms with E-state index in [4.69, 9.17) is 0 Å². The summed E-state index contributed by atoms with van der Waals surface area (Å²) < 4.78 is 5.69. The van der Waals surface area contributed by atoms with Crippen molar-refractivity contribution in [2.75, 3.05) is 7.11 Å². The zero-order chi connectivity index (χ0) is 11.0. The van der Waals surface area contributed by atoms with Crippen LogP contribution in [-0.2, 0) is 4.74 Å². The van der Waals surface area contributed by atoms with Crippen LogP contribution in [0.15, 0.2) is 22.7 Å².